The predicted octanol–water partition coefficient (Wildman–Crippen LogP) is 2.81. The van der Waals surface area contributed by atoms with E-state index in [1.807, 2.05) is 0 Å². The first-order valence-corrected chi connectivity index (χ1v) is 11.5. The zero-order valence-corrected chi connectivity index (χ0v) is 18.6. The molecule has 1 saturated heterocycles. The molecule has 7 nitrogen and oxygen atoms in total. The molecule has 0 atom stereocenters. The van der Waals surface area contributed by atoms with Gasteiger partial charge in [0.25, 0.3) is 0 Å². The van der Waals surface area contributed by atoms with Gasteiger partial charge in [-0.25, -0.2) is 22.0 Å². The molecule has 1 aliphatic heterocycles. The number of amides is 1. The van der Waals surface area contributed by atoms with Crippen molar-refractivity contribution in [2.75, 3.05) is 27.2 Å². The predicted molar refractivity (Wildman–Crippen MR) is 112 cm³/mol. The number of esters is 1. The minimum atomic E-state index is -3.95. The normalized spacial score (nSPS) is 15.4. The number of benzene rings is 2. The van der Waals surface area contributed by atoms with Crippen LogP contribution < -0.4 is 0 Å². The number of methoxy groups -OCH3 is 1. The van der Waals surface area contributed by atoms with Gasteiger partial charge in [-0.1, -0.05) is 18.2 Å². The highest BCUT2D eigenvalue weighted by atomic mass is 32.2. The molecular weight excluding hydrogens is 442 g/mol. The minimum Gasteiger partial charge on any atom is -0.465 e. The molecular formula is C22H24F2N2O5S. The second-order valence-corrected chi connectivity index (χ2v) is 9.50. The smallest absolute Gasteiger partial charge is 0.339 e. The third-order valence-corrected chi connectivity index (χ3v) is 7.47. The lowest BCUT2D eigenvalue weighted by molar-refractivity contribution is -0.136. The van der Waals surface area contributed by atoms with Crippen LogP contribution in [0.4, 0.5) is 8.78 Å². The van der Waals surface area contributed by atoms with Crippen LogP contribution >= 0.6 is 0 Å². The van der Waals surface area contributed by atoms with Crippen molar-refractivity contribution in [3.8, 4) is 0 Å². The Kier molecular flexibility index (Phi) is 7.25. The Morgan fingerprint density at radius 2 is 1.78 bits per heavy atom. The van der Waals surface area contributed by atoms with Crippen LogP contribution in [0.2, 0.25) is 0 Å². The van der Waals surface area contributed by atoms with E-state index in [1.54, 1.807) is 6.07 Å². The van der Waals surface area contributed by atoms with Gasteiger partial charge in [-0.05, 0) is 31.0 Å². The molecule has 1 aliphatic rings. The summed E-state index contributed by atoms with van der Waals surface area (Å²) >= 11 is 0. The largest absolute Gasteiger partial charge is 0.465 e. The monoisotopic (exact) mass is 466 g/mol. The Balaban J connectivity index is 1.67. The lowest BCUT2D eigenvalue weighted by Crippen LogP contribution is -2.43. The van der Waals surface area contributed by atoms with Gasteiger partial charge >= 0.3 is 5.97 Å². The molecule has 1 heterocycles. The van der Waals surface area contributed by atoms with E-state index in [4.69, 9.17) is 0 Å². The van der Waals surface area contributed by atoms with Crippen LogP contribution in [0.3, 0.4) is 0 Å². The number of halogens is 2. The molecule has 2 aromatic rings. The number of hydrogen-bond acceptors (Lipinski definition) is 5. The molecule has 32 heavy (non-hydrogen) atoms. The van der Waals surface area contributed by atoms with Crippen molar-refractivity contribution in [2.45, 2.75) is 24.3 Å². The van der Waals surface area contributed by atoms with Crippen molar-refractivity contribution in [1.82, 2.24) is 9.21 Å². The van der Waals surface area contributed by atoms with Crippen molar-refractivity contribution in [3.63, 3.8) is 0 Å². The molecule has 2 aromatic carbocycles. The average Bonchev–Trinajstić information content (AvgIpc) is 2.79. The van der Waals surface area contributed by atoms with E-state index in [0.29, 0.717) is 0 Å². The number of carbonyl (C=O) groups is 2. The van der Waals surface area contributed by atoms with Gasteiger partial charge in [0.05, 0.1) is 17.6 Å². The Hall–Kier alpha value is -2.85. The first-order chi connectivity index (χ1) is 15.1. The number of piperidine rings is 1. The van der Waals surface area contributed by atoms with E-state index < -0.39 is 33.5 Å². The van der Waals surface area contributed by atoms with Crippen molar-refractivity contribution in [3.05, 3.63) is 65.2 Å². The fourth-order valence-corrected chi connectivity index (χ4v) is 5.40. The summed E-state index contributed by atoms with van der Waals surface area (Å²) in [6, 6.07) is 9.01. The number of ether oxygens (including phenoxy) is 1. The first-order valence-electron chi connectivity index (χ1n) is 10.0. The third kappa shape index (κ3) is 4.97. The lowest BCUT2D eigenvalue weighted by Gasteiger charge is -2.32. The van der Waals surface area contributed by atoms with Crippen molar-refractivity contribution < 1.29 is 31.5 Å². The van der Waals surface area contributed by atoms with Crippen molar-refractivity contribution in [1.29, 1.82) is 0 Å². The molecule has 10 heteroatoms. The average molecular weight is 467 g/mol. The van der Waals surface area contributed by atoms with Gasteiger partial charge in [-0.3, -0.25) is 4.79 Å². The summed E-state index contributed by atoms with van der Waals surface area (Å²) in [6.45, 7) is 0.190. The standard InChI is InChI=1S/C22H24F2N2O5S/c1-25(14-16-7-8-17(23)13-19(16)24)21(27)15-9-11-26(12-10-15)32(29,30)20-6-4-3-5-18(20)22(28)31-2/h3-8,13,15H,9-12,14H2,1-2H3. The van der Waals surface area contributed by atoms with Gasteiger partial charge < -0.3 is 9.64 Å². The Bertz CT molecular complexity index is 1120. The molecule has 0 bridgehead atoms. The van der Waals surface area contributed by atoms with Crippen LogP contribution in [0.1, 0.15) is 28.8 Å². The molecule has 0 saturated carbocycles. The highest BCUT2D eigenvalue weighted by molar-refractivity contribution is 7.89. The number of hydrogen-bond donors (Lipinski definition) is 0. The second-order valence-electron chi connectivity index (χ2n) is 7.60. The highest BCUT2D eigenvalue weighted by Gasteiger charge is 2.35. The maximum Gasteiger partial charge on any atom is 0.339 e. The number of sulfonamides is 1. The maximum absolute atomic E-state index is 13.9. The Morgan fingerprint density at radius 3 is 2.41 bits per heavy atom. The van der Waals surface area contributed by atoms with E-state index in [-0.39, 0.29) is 54.4 Å². The molecule has 1 amide bonds. The molecule has 0 aromatic heterocycles. The SMILES string of the molecule is COC(=O)c1ccccc1S(=O)(=O)N1CCC(C(=O)N(C)Cc2ccc(F)cc2F)CC1. The fraction of sp³-hybridized carbons (Fsp3) is 0.364. The number of rotatable bonds is 6. The third-order valence-electron chi connectivity index (χ3n) is 5.51. The van der Waals surface area contributed by atoms with Crippen molar-refractivity contribution >= 4 is 21.9 Å². The number of nitrogens with zero attached hydrogens (tertiary/aromatic N) is 2. The summed E-state index contributed by atoms with van der Waals surface area (Å²) in [5.41, 5.74) is 0.149. The van der Waals surface area contributed by atoms with Crippen LogP contribution in [-0.4, -0.2) is 56.7 Å². The van der Waals surface area contributed by atoms with Gasteiger partial charge in [0.1, 0.15) is 11.6 Å². The van der Waals surface area contributed by atoms with Crippen molar-refractivity contribution in [2.24, 2.45) is 5.92 Å². The fourth-order valence-electron chi connectivity index (χ4n) is 3.75. The van der Waals surface area contributed by atoms with E-state index in [1.165, 1.54) is 47.6 Å². The van der Waals surface area contributed by atoms with Gasteiger partial charge in [-0.2, -0.15) is 4.31 Å². The summed E-state index contributed by atoms with van der Waals surface area (Å²) in [5, 5.41) is 0. The summed E-state index contributed by atoms with van der Waals surface area (Å²) in [6.07, 6.45) is 0.573. The van der Waals surface area contributed by atoms with E-state index in [2.05, 4.69) is 4.74 Å². The minimum absolute atomic E-state index is 0.0179. The summed E-state index contributed by atoms with van der Waals surface area (Å²) in [7, 11) is -1.25. The summed E-state index contributed by atoms with van der Waals surface area (Å²) < 4.78 is 59.1. The van der Waals surface area contributed by atoms with Crippen LogP contribution in [0.5, 0.6) is 0 Å². The summed E-state index contributed by atoms with van der Waals surface area (Å²) in [4.78, 5) is 26.0. The first kappa shape index (κ1) is 23.8. The van der Waals surface area contributed by atoms with E-state index in [9.17, 15) is 26.8 Å². The molecule has 172 valence electrons. The van der Waals surface area contributed by atoms with Gasteiger partial charge in [-0.15, -0.1) is 0 Å². The molecule has 3 rings (SSSR count). The van der Waals surface area contributed by atoms with Crippen LogP contribution in [0.25, 0.3) is 0 Å². The maximum atomic E-state index is 13.9. The highest BCUT2D eigenvalue weighted by Crippen LogP contribution is 2.27. The quantitative estimate of drug-likeness (QED) is 0.612. The molecule has 0 spiro atoms. The Labute approximate surface area is 185 Å². The lowest BCUT2D eigenvalue weighted by atomic mass is 9.96. The molecule has 0 N–H and O–H groups in total. The van der Waals surface area contributed by atoms with Crippen LogP contribution in [0.15, 0.2) is 47.4 Å². The second kappa shape index (κ2) is 9.74. The topological polar surface area (TPSA) is 84.0 Å². The van der Waals surface area contributed by atoms with Crippen LogP contribution in [-0.2, 0) is 26.1 Å². The number of carbonyl (C=O) groups excluding carboxylic acids is 2. The van der Waals surface area contributed by atoms with Gasteiger partial charge in [0.2, 0.25) is 15.9 Å². The molecule has 0 aliphatic carbocycles. The van der Waals surface area contributed by atoms with E-state index >= 15 is 0 Å². The zero-order chi connectivity index (χ0) is 23.5. The van der Waals surface area contributed by atoms with E-state index in [0.717, 1.165) is 12.1 Å². The van der Waals surface area contributed by atoms with Gasteiger partial charge in [0, 0.05) is 44.2 Å². The summed E-state index contributed by atoms with van der Waals surface area (Å²) in [5.74, 6) is -2.83. The van der Waals surface area contributed by atoms with Gasteiger partial charge in [0.15, 0.2) is 0 Å². The molecule has 1 fully saturated rings. The Morgan fingerprint density at radius 1 is 1.12 bits per heavy atom. The molecule has 0 unspecified atom stereocenters. The zero-order valence-electron chi connectivity index (χ0n) is 17.8. The van der Waals surface area contributed by atoms with Crippen LogP contribution in [0, 0.1) is 17.6 Å². The molecule has 0 radical (unpaired) electrons.